The van der Waals surface area contributed by atoms with Crippen molar-refractivity contribution in [2.75, 3.05) is 4.90 Å². The minimum absolute atomic E-state index is 0.864. The first-order valence-corrected chi connectivity index (χ1v) is 19.5. The molecule has 0 N–H and O–H groups in total. The minimum Gasteiger partial charge on any atom is -0.453 e. The quantitative estimate of drug-likeness (QED) is 0.170. The van der Waals surface area contributed by atoms with E-state index in [0.717, 1.165) is 50.1 Å². The van der Waals surface area contributed by atoms with E-state index < -0.39 is 0 Å². The van der Waals surface area contributed by atoms with E-state index in [0.29, 0.717) is 0 Å². The molecular weight excluding hydrogens is 687 g/mol. The molecule has 258 valence electrons. The molecule has 0 saturated carbocycles. The lowest BCUT2D eigenvalue weighted by molar-refractivity contribution is 0.670. The van der Waals surface area contributed by atoms with Gasteiger partial charge in [0.1, 0.15) is 5.58 Å². The summed E-state index contributed by atoms with van der Waals surface area (Å²) in [5.74, 6) is 0. The largest absolute Gasteiger partial charge is 0.453 e. The normalized spacial score (nSPS) is 11.6. The van der Waals surface area contributed by atoms with Crippen molar-refractivity contribution in [2.24, 2.45) is 0 Å². The van der Waals surface area contributed by atoms with Crippen LogP contribution >= 0.6 is 11.3 Å². The Morgan fingerprint density at radius 1 is 0.327 bits per heavy atom. The number of fused-ring (bicyclic) bond motifs is 7. The van der Waals surface area contributed by atoms with Gasteiger partial charge in [0.2, 0.25) is 0 Å². The predicted molar refractivity (Wildman–Crippen MR) is 235 cm³/mol. The second-order valence-corrected chi connectivity index (χ2v) is 15.1. The lowest BCUT2D eigenvalue weighted by Crippen LogP contribution is -2.10. The molecule has 0 bridgehead atoms. The summed E-state index contributed by atoms with van der Waals surface area (Å²) in [5.41, 5.74) is 12.0. The van der Waals surface area contributed by atoms with Crippen molar-refractivity contribution in [3.05, 3.63) is 200 Å². The fourth-order valence-corrected chi connectivity index (χ4v) is 9.40. The summed E-state index contributed by atoms with van der Waals surface area (Å²) in [6, 6.07) is 72.0. The minimum atomic E-state index is 0.864. The summed E-state index contributed by atoms with van der Waals surface area (Å²) >= 11 is 1.84. The zero-order valence-electron chi connectivity index (χ0n) is 29.8. The molecule has 9 aromatic carbocycles. The van der Waals surface area contributed by atoms with Crippen LogP contribution in [0.5, 0.6) is 0 Å². The van der Waals surface area contributed by atoms with Crippen LogP contribution in [0.1, 0.15) is 0 Å². The number of benzene rings is 9. The molecule has 2 aromatic heterocycles. The molecule has 0 aliphatic heterocycles. The molecule has 11 rings (SSSR count). The first-order valence-electron chi connectivity index (χ1n) is 18.7. The molecule has 55 heavy (non-hydrogen) atoms. The van der Waals surface area contributed by atoms with Gasteiger partial charge in [-0.3, -0.25) is 0 Å². The van der Waals surface area contributed by atoms with Crippen LogP contribution in [0.25, 0.3) is 86.3 Å². The van der Waals surface area contributed by atoms with Crippen LogP contribution < -0.4 is 4.90 Å². The number of hydrogen-bond acceptors (Lipinski definition) is 3. The van der Waals surface area contributed by atoms with Gasteiger partial charge in [-0.15, -0.1) is 11.3 Å². The number of rotatable bonds is 6. The summed E-state index contributed by atoms with van der Waals surface area (Å²) < 4.78 is 9.56. The molecule has 0 aliphatic carbocycles. The van der Waals surface area contributed by atoms with E-state index >= 15 is 0 Å². The molecule has 0 amide bonds. The lowest BCUT2D eigenvalue weighted by atomic mass is 9.92. The van der Waals surface area contributed by atoms with Crippen molar-refractivity contribution in [1.29, 1.82) is 0 Å². The van der Waals surface area contributed by atoms with E-state index in [-0.39, 0.29) is 0 Å². The highest BCUT2D eigenvalue weighted by molar-refractivity contribution is 7.25. The van der Waals surface area contributed by atoms with Gasteiger partial charge in [0, 0.05) is 47.9 Å². The van der Waals surface area contributed by atoms with Gasteiger partial charge in [0.15, 0.2) is 5.58 Å². The predicted octanol–water partition coefficient (Wildman–Crippen LogP) is 15.6. The van der Waals surface area contributed by atoms with Crippen molar-refractivity contribution in [3.63, 3.8) is 0 Å². The number of nitrogens with zero attached hydrogens (tertiary/aromatic N) is 1. The third-order valence-corrected chi connectivity index (χ3v) is 12.0. The maximum absolute atomic E-state index is 6.99. The molecule has 0 saturated heterocycles. The van der Waals surface area contributed by atoms with Crippen LogP contribution in [0.15, 0.2) is 205 Å². The van der Waals surface area contributed by atoms with Gasteiger partial charge in [0.25, 0.3) is 0 Å². The van der Waals surface area contributed by atoms with Gasteiger partial charge in [-0.25, -0.2) is 0 Å². The third kappa shape index (κ3) is 5.24. The summed E-state index contributed by atoms with van der Waals surface area (Å²) in [7, 11) is 0. The molecular formula is C52H33NOS. The standard InChI is InChI=1S/C52H33NOS/c1-3-13-34(14-4-1)39-30-31-40(43-18-8-7-17-42(39)43)36-25-27-37(28-26-36)53(38-29-32-50-47(33-38)44-19-9-10-24-49(44)55-50)48-23-12-22-46-45-21-11-20-41(51(45)54-52(46)48)35-15-5-2-6-16-35/h1-33H. The molecule has 0 atom stereocenters. The van der Waals surface area contributed by atoms with Gasteiger partial charge < -0.3 is 9.32 Å². The number of anilines is 3. The smallest absolute Gasteiger partial charge is 0.159 e. The lowest BCUT2D eigenvalue weighted by Gasteiger charge is -2.26. The Kier molecular flexibility index (Phi) is 7.39. The highest BCUT2D eigenvalue weighted by Crippen LogP contribution is 2.46. The number of furan rings is 1. The second-order valence-electron chi connectivity index (χ2n) is 14.0. The summed E-state index contributed by atoms with van der Waals surface area (Å²) in [4.78, 5) is 2.36. The molecule has 0 aliphatic rings. The SMILES string of the molecule is c1ccc(-c2ccc(-c3ccc(N(c4ccc5sc6ccccc6c5c4)c4cccc5c4oc4c(-c6ccccc6)cccc45)cc3)c3ccccc23)cc1. The molecule has 3 heteroatoms. The van der Waals surface area contributed by atoms with Crippen LogP contribution in [0, 0.1) is 0 Å². The van der Waals surface area contributed by atoms with E-state index in [9.17, 15) is 0 Å². The van der Waals surface area contributed by atoms with Gasteiger partial charge in [0.05, 0.1) is 5.69 Å². The average molecular weight is 720 g/mol. The average Bonchev–Trinajstić information content (AvgIpc) is 3.83. The van der Waals surface area contributed by atoms with Crippen molar-refractivity contribution in [1.82, 2.24) is 0 Å². The van der Waals surface area contributed by atoms with Crippen molar-refractivity contribution in [3.8, 4) is 33.4 Å². The molecule has 2 nitrogen and oxygen atoms in total. The van der Waals surface area contributed by atoms with Crippen LogP contribution in [0.4, 0.5) is 17.1 Å². The third-order valence-electron chi connectivity index (χ3n) is 10.9. The molecule has 11 aromatic rings. The van der Waals surface area contributed by atoms with Gasteiger partial charge in [-0.05, 0) is 81.1 Å². The zero-order chi connectivity index (χ0) is 36.3. The molecule has 0 unspecified atom stereocenters. The topological polar surface area (TPSA) is 16.4 Å². The van der Waals surface area contributed by atoms with Gasteiger partial charge in [-0.2, -0.15) is 0 Å². The Balaban J connectivity index is 1.10. The highest BCUT2D eigenvalue weighted by atomic mass is 32.1. The van der Waals surface area contributed by atoms with Crippen LogP contribution in [-0.4, -0.2) is 0 Å². The van der Waals surface area contributed by atoms with Gasteiger partial charge in [-0.1, -0.05) is 158 Å². The molecule has 0 spiro atoms. The van der Waals surface area contributed by atoms with Crippen LogP contribution in [0.3, 0.4) is 0 Å². The molecule has 0 fully saturated rings. The maximum Gasteiger partial charge on any atom is 0.159 e. The maximum atomic E-state index is 6.99. The Morgan fingerprint density at radius 2 is 0.855 bits per heavy atom. The summed E-state index contributed by atoms with van der Waals surface area (Å²) in [5, 5.41) is 7.23. The second kappa shape index (κ2) is 12.9. The zero-order valence-corrected chi connectivity index (χ0v) is 30.6. The first-order chi connectivity index (χ1) is 27.3. The van der Waals surface area contributed by atoms with Crippen molar-refractivity contribution in [2.45, 2.75) is 0 Å². The number of hydrogen-bond donors (Lipinski definition) is 0. The Hall–Kier alpha value is -6.94. The molecule has 0 radical (unpaired) electrons. The van der Waals surface area contributed by atoms with E-state index in [2.05, 4.69) is 205 Å². The fraction of sp³-hybridized carbons (Fsp3) is 0. The van der Waals surface area contributed by atoms with Crippen molar-refractivity contribution >= 4 is 81.3 Å². The monoisotopic (exact) mass is 719 g/mol. The van der Waals surface area contributed by atoms with Crippen molar-refractivity contribution < 1.29 is 4.42 Å². The van der Waals surface area contributed by atoms with Gasteiger partial charge >= 0.3 is 0 Å². The highest BCUT2D eigenvalue weighted by Gasteiger charge is 2.22. The van der Waals surface area contributed by atoms with Crippen LogP contribution in [0.2, 0.25) is 0 Å². The van der Waals surface area contributed by atoms with E-state index in [1.54, 1.807) is 0 Å². The Bertz CT molecular complexity index is 3190. The van der Waals surface area contributed by atoms with E-state index in [1.807, 2.05) is 11.3 Å². The van der Waals surface area contributed by atoms with E-state index in [1.165, 1.54) is 53.2 Å². The first kappa shape index (κ1) is 31.6. The molecule has 2 heterocycles. The Morgan fingerprint density at radius 3 is 1.56 bits per heavy atom. The number of thiophene rings is 1. The summed E-state index contributed by atoms with van der Waals surface area (Å²) in [6.45, 7) is 0. The summed E-state index contributed by atoms with van der Waals surface area (Å²) in [6.07, 6.45) is 0. The van der Waals surface area contributed by atoms with Crippen LogP contribution in [-0.2, 0) is 0 Å². The fourth-order valence-electron chi connectivity index (χ4n) is 8.32. The Labute approximate surface area is 322 Å². The number of para-hydroxylation sites is 2. The van der Waals surface area contributed by atoms with E-state index in [4.69, 9.17) is 4.42 Å².